The molecule has 4 N–H and O–H groups in total. The maximum Gasteiger partial charge on any atom is 0.337 e. The molecule has 0 aromatic carbocycles. The van der Waals surface area contributed by atoms with Crippen molar-refractivity contribution in [2.24, 2.45) is 11.8 Å². The van der Waals surface area contributed by atoms with Crippen molar-refractivity contribution in [3.05, 3.63) is 17.8 Å². The largest absolute Gasteiger partial charge is 0.478 e. The van der Waals surface area contributed by atoms with E-state index in [-0.39, 0.29) is 11.3 Å². The molecule has 1 fully saturated rings. The van der Waals surface area contributed by atoms with Crippen LogP contribution >= 0.6 is 0 Å². The van der Waals surface area contributed by atoms with Crippen molar-refractivity contribution in [3.63, 3.8) is 0 Å². The van der Waals surface area contributed by atoms with Gasteiger partial charge in [-0.1, -0.05) is 19.8 Å². The Hall–Kier alpha value is -1.78. The Balaban J connectivity index is 1.96. The van der Waals surface area contributed by atoms with Crippen LogP contribution in [0.5, 0.6) is 0 Å². The Labute approximate surface area is 113 Å². The zero-order chi connectivity index (χ0) is 13.8. The molecular weight excluding hydrogens is 242 g/mol. The molecule has 0 spiro atoms. The first-order valence-corrected chi connectivity index (χ1v) is 6.79. The van der Waals surface area contributed by atoms with Crippen LogP contribution in [-0.2, 0) is 0 Å². The van der Waals surface area contributed by atoms with Crippen LogP contribution in [0.25, 0.3) is 0 Å². The van der Waals surface area contributed by atoms with Gasteiger partial charge in [0, 0.05) is 6.54 Å². The maximum atomic E-state index is 11.0. The predicted molar refractivity (Wildman–Crippen MR) is 75.2 cm³/mol. The summed E-state index contributed by atoms with van der Waals surface area (Å²) in [5, 5.41) is 12.2. The lowest BCUT2D eigenvalue weighted by molar-refractivity contribution is 0.0698. The van der Waals surface area contributed by atoms with Gasteiger partial charge in [-0.15, -0.1) is 0 Å². The van der Waals surface area contributed by atoms with Gasteiger partial charge in [-0.2, -0.15) is 0 Å². The number of carboxylic acids is 1. The van der Waals surface area contributed by atoms with Crippen molar-refractivity contribution in [3.8, 4) is 0 Å². The van der Waals surface area contributed by atoms with E-state index in [9.17, 15) is 4.79 Å². The van der Waals surface area contributed by atoms with Crippen LogP contribution in [0.15, 0.2) is 12.3 Å². The van der Waals surface area contributed by atoms with Gasteiger partial charge in [0.25, 0.3) is 0 Å². The minimum absolute atomic E-state index is 0.106. The number of aromatic nitrogens is 1. The van der Waals surface area contributed by atoms with Gasteiger partial charge in [-0.05, 0) is 30.7 Å². The van der Waals surface area contributed by atoms with Gasteiger partial charge in [-0.25, -0.2) is 9.78 Å². The molecule has 1 aromatic heterocycles. The van der Waals surface area contributed by atoms with E-state index < -0.39 is 5.97 Å². The third kappa shape index (κ3) is 3.59. The summed E-state index contributed by atoms with van der Waals surface area (Å²) in [7, 11) is 0. The molecule has 2 rings (SSSR count). The summed E-state index contributed by atoms with van der Waals surface area (Å²) in [6.45, 7) is 3.14. The number of anilines is 2. The standard InChI is InChI=1S/C14H21N3O2/c1-9-3-2-4-10(5-9)7-16-13-6-11(14(18)19)12(15)8-17-13/h6,8-10H,2-5,7,15H2,1H3,(H,16,17)(H,18,19). The van der Waals surface area contributed by atoms with Gasteiger partial charge in [0.2, 0.25) is 0 Å². The number of hydrogen-bond acceptors (Lipinski definition) is 4. The molecule has 1 aliphatic rings. The number of carbonyl (C=O) groups is 1. The van der Waals surface area contributed by atoms with Crippen LogP contribution in [0.2, 0.25) is 0 Å². The molecule has 1 saturated carbocycles. The molecule has 1 aliphatic carbocycles. The molecule has 2 atom stereocenters. The number of hydrogen-bond donors (Lipinski definition) is 3. The number of rotatable bonds is 4. The molecule has 1 heterocycles. The number of carboxylic acid groups (broad SMARTS) is 1. The topological polar surface area (TPSA) is 88.2 Å². The quantitative estimate of drug-likeness (QED) is 0.777. The van der Waals surface area contributed by atoms with E-state index in [0.29, 0.717) is 11.7 Å². The average Bonchev–Trinajstić information content (AvgIpc) is 2.37. The van der Waals surface area contributed by atoms with E-state index in [1.54, 1.807) is 0 Å². The molecule has 0 radical (unpaired) electrons. The third-order valence-corrected chi connectivity index (χ3v) is 3.78. The highest BCUT2D eigenvalue weighted by molar-refractivity contribution is 5.94. The number of nitrogens with one attached hydrogen (secondary N) is 1. The Morgan fingerprint density at radius 3 is 3.05 bits per heavy atom. The Morgan fingerprint density at radius 1 is 1.58 bits per heavy atom. The van der Waals surface area contributed by atoms with Crippen molar-refractivity contribution < 1.29 is 9.90 Å². The highest BCUT2D eigenvalue weighted by Gasteiger charge is 2.19. The Bertz CT molecular complexity index is 462. The van der Waals surface area contributed by atoms with E-state index in [1.165, 1.54) is 37.9 Å². The van der Waals surface area contributed by atoms with Crippen LogP contribution in [-0.4, -0.2) is 22.6 Å². The molecule has 19 heavy (non-hydrogen) atoms. The lowest BCUT2D eigenvalue weighted by Gasteiger charge is -2.26. The van der Waals surface area contributed by atoms with Crippen LogP contribution in [0, 0.1) is 11.8 Å². The Morgan fingerprint density at radius 2 is 2.37 bits per heavy atom. The maximum absolute atomic E-state index is 11.0. The first-order valence-electron chi connectivity index (χ1n) is 6.79. The van der Waals surface area contributed by atoms with E-state index in [4.69, 9.17) is 10.8 Å². The molecule has 5 nitrogen and oxygen atoms in total. The van der Waals surface area contributed by atoms with E-state index >= 15 is 0 Å². The zero-order valence-corrected chi connectivity index (χ0v) is 11.2. The fourth-order valence-corrected chi connectivity index (χ4v) is 2.74. The second kappa shape index (κ2) is 5.91. The molecule has 0 saturated heterocycles. The van der Waals surface area contributed by atoms with Crippen molar-refractivity contribution in [2.45, 2.75) is 32.6 Å². The van der Waals surface area contributed by atoms with Gasteiger partial charge in [0.1, 0.15) is 5.82 Å². The first-order chi connectivity index (χ1) is 9.06. The molecule has 1 aromatic rings. The summed E-state index contributed by atoms with van der Waals surface area (Å²) in [5.74, 6) is 1.00. The second-order valence-corrected chi connectivity index (χ2v) is 5.48. The average molecular weight is 263 g/mol. The highest BCUT2D eigenvalue weighted by atomic mass is 16.4. The molecule has 0 amide bonds. The smallest absolute Gasteiger partial charge is 0.337 e. The monoisotopic (exact) mass is 263 g/mol. The van der Waals surface area contributed by atoms with Gasteiger partial charge in [0.15, 0.2) is 0 Å². The van der Waals surface area contributed by atoms with Crippen LogP contribution in [0.3, 0.4) is 0 Å². The second-order valence-electron chi connectivity index (χ2n) is 5.48. The molecule has 0 aliphatic heterocycles. The molecule has 0 bridgehead atoms. The summed E-state index contributed by atoms with van der Waals surface area (Å²) >= 11 is 0. The van der Waals surface area contributed by atoms with Crippen LogP contribution < -0.4 is 11.1 Å². The lowest BCUT2D eigenvalue weighted by atomic mass is 9.82. The minimum Gasteiger partial charge on any atom is -0.478 e. The van der Waals surface area contributed by atoms with Gasteiger partial charge in [0.05, 0.1) is 17.4 Å². The van der Waals surface area contributed by atoms with E-state index in [0.717, 1.165) is 12.5 Å². The summed E-state index contributed by atoms with van der Waals surface area (Å²) in [6.07, 6.45) is 6.46. The van der Waals surface area contributed by atoms with Crippen molar-refractivity contribution in [1.82, 2.24) is 4.98 Å². The summed E-state index contributed by atoms with van der Waals surface area (Å²) in [4.78, 5) is 15.1. The summed E-state index contributed by atoms with van der Waals surface area (Å²) < 4.78 is 0. The SMILES string of the molecule is CC1CCCC(CNc2cc(C(=O)O)c(N)cn2)C1. The number of nitrogens with zero attached hydrogens (tertiary/aromatic N) is 1. The van der Waals surface area contributed by atoms with Gasteiger partial charge in [-0.3, -0.25) is 0 Å². The lowest BCUT2D eigenvalue weighted by Crippen LogP contribution is -2.21. The molecule has 104 valence electrons. The van der Waals surface area contributed by atoms with Crippen LogP contribution in [0.1, 0.15) is 43.0 Å². The van der Waals surface area contributed by atoms with E-state index in [2.05, 4.69) is 17.2 Å². The van der Waals surface area contributed by atoms with E-state index in [1.807, 2.05) is 0 Å². The third-order valence-electron chi connectivity index (χ3n) is 3.78. The summed E-state index contributed by atoms with van der Waals surface area (Å²) in [6, 6.07) is 1.50. The van der Waals surface area contributed by atoms with Crippen molar-refractivity contribution in [1.29, 1.82) is 0 Å². The van der Waals surface area contributed by atoms with Crippen LogP contribution in [0.4, 0.5) is 11.5 Å². The fourth-order valence-electron chi connectivity index (χ4n) is 2.74. The summed E-state index contributed by atoms with van der Waals surface area (Å²) in [5.41, 5.74) is 5.88. The molecule has 5 heteroatoms. The molecule has 2 unspecified atom stereocenters. The fraction of sp³-hybridized carbons (Fsp3) is 0.571. The minimum atomic E-state index is -1.02. The number of pyridine rings is 1. The number of nitrogens with two attached hydrogens (primary N) is 1. The zero-order valence-electron chi connectivity index (χ0n) is 11.2. The van der Waals surface area contributed by atoms with Gasteiger partial charge >= 0.3 is 5.97 Å². The predicted octanol–water partition coefficient (Wildman–Crippen LogP) is 2.60. The normalized spacial score (nSPS) is 23.0. The first kappa shape index (κ1) is 13.6. The molecular formula is C14H21N3O2. The number of nitrogen functional groups attached to an aromatic ring is 1. The highest BCUT2D eigenvalue weighted by Crippen LogP contribution is 2.28. The Kier molecular flexibility index (Phi) is 4.24. The van der Waals surface area contributed by atoms with Crippen molar-refractivity contribution in [2.75, 3.05) is 17.6 Å². The van der Waals surface area contributed by atoms with Crippen molar-refractivity contribution >= 4 is 17.5 Å². The number of aromatic carboxylic acids is 1. The van der Waals surface area contributed by atoms with Gasteiger partial charge < -0.3 is 16.2 Å².